The molecule has 11 heteroatoms. The molecule has 0 radical (unpaired) electrons. The minimum absolute atomic E-state index is 0.0914. The molecule has 3 heterocycles. The standard InChI is InChI=1S/C38H46N4O6S/c1-6-23-40-31-19-18-27(49(46,47)48)26-29(31)38(4,5)33(40)16-12-15-32-37(2,3)28-13-9-10-14-30(28)41(32)24-11-7-8-17-34(43)39-22-25-42-35(44)20-21-36(42)45/h9-10,12-16,18-21,26H,6-8,11,17,22-25H2,1-5H3,(H-,39,43,46,47,48)/p+1. The number of nitrogens with one attached hydrogen (secondary N) is 1. The summed E-state index contributed by atoms with van der Waals surface area (Å²) >= 11 is 0. The van der Waals surface area contributed by atoms with Crippen LogP contribution in [0.15, 0.2) is 83.4 Å². The van der Waals surface area contributed by atoms with Gasteiger partial charge in [0.05, 0.1) is 10.3 Å². The van der Waals surface area contributed by atoms with Crippen LogP contribution in [0.1, 0.15) is 77.8 Å². The number of benzene rings is 2. The number of carbonyl (C=O) groups is 3. The van der Waals surface area contributed by atoms with E-state index in [1.54, 1.807) is 12.1 Å². The number of allylic oxidation sites excluding steroid dienone is 4. The second-order valence-electron chi connectivity index (χ2n) is 13.8. The molecule has 5 rings (SSSR count). The fraction of sp³-hybridized carbons (Fsp3) is 0.421. The van der Waals surface area contributed by atoms with Crippen molar-refractivity contribution in [2.45, 2.75) is 82.4 Å². The normalized spacial score (nSPS) is 18.7. The first-order chi connectivity index (χ1) is 23.2. The van der Waals surface area contributed by atoms with Gasteiger partial charge in [0.2, 0.25) is 11.6 Å². The molecule has 0 saturated heterocycles. The molecule has 0 fully saturated rings. The summed E-state index contributed by atoms with van der Waals surface area (Å²) < 4.78 is 36.0. The van der Waals surface area contributed by atoms with Gasteiger partial charge in [0, 0.05) is 79.1 Å². The maximum Gasteiger partial charge on any atom is 0.294 e. The van der Waals surface area contributed by atoms with Crippen molar-refractivity contribution in [1.82, 2.24) is 10.2 Å². The van der Waals surface area contributed by atoms with Gasteiger partial charge in [-0.3, -0.25) is 23.8 Å². The molecule has 0 spiro atoms. The number of carbonyl (C=O) groups excluding carboxylic acids is 3. The highest BCUT2D eigenvalue weighted by atomic mass is 32.2. The number of para-hydroxylation sites is 1. The molecule has 0 saturated carbocycles. The summed E-state index contributed by atoms with van der Waals surface area (Å²) in [7, 11) is -4.33. The van der Waals surface area contributed by atoms with Gasteiger partial charge in [-0.15, -0.1) is 0 Å². The van der Waals surface area contributed by atoms with Crippen LogP contribution in [-0.2, 0) is 35.3 Å². The first-order valence-corrected chi connectivity index (χ1v) is 18.4. The summed E-state index contributed by atoms with van der Waals surface area (Å²) in [4.78, 5) is 39.0. The van der Waals surface area contributed by atoms with Gasteiger partial charge in [-0.1, -0.05) is 45.0 Å². The molecular formula is C38H47N4O6S+. The fourth-order valence-electron chi connectivity index (χ4n) is 7.17. The average Bonchev–Trinajstić information content (AvgIpc) is 3.56. The molecule has 0 atom stereocenters. The van der Waals surface area contributed by atoms with Crippen molar-refractivity contribution in [2.24, 2.45) is 0 Å². The van der Waals surface area contributed by atoms with E-state index in [1.807, 2.05) is 0 Å². The predicted molar refractivity (Wildman–Crippen MR) is 191 cm³/mol. The number of imide groups is 1. The van der Waals surface area contributed by atoms with Crippen molar-refractivity contribution < 1.29 is 31.9 Å². The quantitative estimate of drug-likeness (QED) is 0.115. The zero-order valence-corrected chi connectivity index (χ0v) is 29.8. The summed E-state index contributed by atoms with van der Waals surface area (Å²) in [6.45, 7) is 12.7. The minimum Gasteiger partial charge on any atom is -0.354 e. The molecule has 49 heavy (non-hydrogen) atoms. The van der Waals surface area contributed by atoms with Crippen LogP contribution in [0.3, 0.4) is 0 Å². The molecule has 0 aromatic heterocycles. The summed E-state index contributed by atoms with van der Waals surface area (Å²) in [5.74, 6) is -0.792. The highest BCUT2D eigenvalue weighted by Gasteiger charge is 2.44. The zero-order valence-electron chi connectivity index (χ0n) is 29.0. The van der Waals surface area contributed by atoms with Gasteiger partial charge >= 0.3 is 0 Å². The highest BCUT2D eigenvalue weighted by Crippen LogP contribution is 2.48. The molecule has 2 aromatic rings. The van der Waals surface area contributed by atoms with Crippen LogP contribution in [0.5, 0.6) is 0 Å². The Labute approximate surface area is 289 Å². The van der Waals surface area contributed by atoms with Crippen LogP contribution >= 0.6 is 0 Å². The van der Waals surface area contributed by atoms with Crippen molar-refractivity contribution in [1.29, 1.82) is 0 Å². The van der Waals surface area contributed by atoms with E-state index in [9.17, 15) is 27.4 Å². The lowest BCUT2D eigenvalue weighted by atomic mass is 9.81. The molecule has 2 N–H and O–H groups in total. The van der Waals surface area contributed by atoms with E-state index < -0.39 is 15.5 Å². The largest absolute Gasteiger partial charge is 0.354 e. The molecule has 3 amide bonds. The van der Waals surface area contributed by atoms with Gasteiger partial charge < -0.3 is 10.2 Å². The van der Waals surface area contributed by atoms with Crippen molar-refractivity contribution in [3.63, 3.8) is 0 Å². The van der Waals surface area contributed by atoms with Gasteiger partial charge in [0.25, 0.3) is 21.9 Å². The number of unbranched alkanes of at least 4 members (excludes halogenated alkanes) is 2. The lowest BCUT2D eigenvalue weighted by Gasteiger charge is -2.26. The first kappa shape index (κ1) is 35.9. The van der Waals surface area contributed by atoms with Crippen LogP contribution in [0.25, 0.3) is 0 Å². The number of amides is 3. The van der Waals surface area contributed by atoms with Crippen molar-refractivity contribution in [2.75, 3.05) is 31.1 Å². The van der Waals surface area contributed by atoms with Gasteiger partial charge in [0.1, 0.15) is 6.54 Å². The van der Waals surface area contributed by atoms with E-state index in [2.05, 4.69) is 91.9 Å². The number of nitrogens with zero attached hydrogens (tertiary/aromatic N) is 3. The number of hydrogen-bond acceptors (Lipinski definition) is 6. The second kappa shape index (κ2) is 14.2. The lowest BCUT2D eigenvalue weighted by Crippen LogP contribution is -2.38. The third kappa shape index (κ3) is 7.33. The van der Waals surface area contributed by atoms with Crippen LogP contribution in [0, 0.1) is 0 Å². The monoisotopic (exact) mass is 687 g/mol. The molecule has 0 unspecified atom stereocenters. The Morgan fingerprint density at radius 2 is 1.63 bits per heavy atom. The Morgan fingerprint density at radius 1 is 0.918 bits per heavy atom. The topological polar surface area (TPSA) is 127 Å². The van der Waals surface area contributed by atoms with Crippen LogP contribution in [-0.4, -0.2) is 72.1 Å². The minimum atomic E-state index is -4.33. The molecule has 3 aliphatic rings. The summed E-state index contributed by atoms with van der Waals surface area (Å²) in [6.07, 6.45) is 12.6. The maximum atomic E-state index is 12.4. The summed E-state index contributed by atoms with van der Waals surface area (Å²) in [6, 6.07) is 13.3. The van der Waals surface area contributed by atoms with Crippen molar-refractivity contribution >= 4 is 44.9 Å². The molecule has 2 aromatic carbocycles. The van der Waals surface area contributed by atoms with Gasteiger partial charge in [0.15, 0.2) is 5.71 Å². The fourth-order valence-corrected chi connectivity index (χ4v) is 7.68. The smallest absolute Gasteiger partial charge is 0.294 e. The number of hydrogen-bond donors (Lipinski definition) is 2. The van der Waals surface area contributed by atoms with E-state index in [0.29, 0.717) is 6.42 Å². The maximum absolute atomic E-state index is 12.4. The molecule has 3 aliphatic heterocycles. The Hall–Kier alpha value is -4.35. The number of fused-ring (bicyclic) bond motifs is 2. The van der Waals surface area contributed by atoms with Crippen molar-refractivity contribution in [3.05, 3.63) is 89.7 Å². The third-order valence-electron chi connectivity index (χ3n) is 9.76. The first-order valence-electron chi connectivity index (χ1n) is 17.0. The Morgan fingerprint density at radius 3 is 2.33 bits per heavy atom. The summed E-state index contributed by atoms with van der Waals surface area (Å²) in [5.41, 5.74) is 5.75. The van der Waals surface area contributed by atoms with Crippen LogP contribution in [0.4, 0.5) is 11.4 Å². The average molecular weight is 688 g/mol. The number of anilines is 1. The Kier molecular flexibility index (Phi) is 10.5. The van der Waals surface area contributed by atoms with Crippen LogP contribution in [0.2, 0.25) is 0 Å². The molecular weight excluding hydrogens is 641 g/mol. The van der Waals surface area contributed by atoms with Crippen LogP contribution < -0.4 is 10.2 Å². The zero-order chi connectivity index (χ0) is 35.6. The molecule has 10 nitrogen and oxygen atoms in total. The third-order valence-corrected chi connectivity index (χ3v) is 10.6. The number of rotatable bonds is 14. The lowest BCUT2D eigenvalue weighted by molar-refractivity contribution is -0.438. The van der Waals surface area contributed by atoms with Gasteiger partial charge in [-0.05, 0) is 62.9 Å². The molecule has 260 valence electrons. The van der Waals surface area contributed by atoms with Gasteiger partial charge in [-0.25, -0.2) is 0 Å². The van der Waals surface area contributed by atoms with E-state index in [0.717, 1.165) is 60.6 Å². The Bertz CT molecular complexity index is 1870. The van der Waals surface area contributed by atoms with E-state index in [4.69, 9.17) is 0 Å². The van der Waals surface area contributed by atoms with Crippen molar-refractivity contribution in [3.8, 4) is 0 Å². The highest BCUT2D eigenvalue weighted by molar-refractivity contribution is 7.85. The molecule has 0 bridgehead atoms. The predicted octanol–water partition coefficient (Wildman–Crippen LogP) is 5.56. The molecule has 0 aliphatic carbocycles. The SMILES string of the molecule is CCCN1C(=CC=CC2=[N+](CCCCCC(=O)NCCN3C(=O)C=CC3=O)c3ccccc3C2(C)C)C(C)(C)c2cc(S(=O)(=O)O)ccc21. The van der Waals surface area contributed by atoms with E-state index in [-0.39, 0.29) is 41.1 Å². The van der Waals surface area contributed by atoms with E-state index >= 15 is 0 Å². The van der Waals surface area contributed by atoms with Gasteiger partial charge in [-0.2, -0.15) is 13.0 Å². The summed E-state index contributed by atoms with van der Waals surface area (Å²) in [5, 5.41) is 2.81. The van der Waals surface area contributed by atoms with E-state index in [1.165, 1.54) is 35.2 Å². The Balaban J connectivity index is 1.29. The second-order valence-corrected chi connectivity index (χ2v) is 15.3.